The third kappa shape index (κ3) is 2.33. The van der Waals surface area contributed by atoms with E-state index in [1.807, 2.05) is 42.5 Å². The second kappa shape index (κ2) is 4.43. The summed E-state index contributed by atoms with van der Waals surface area (Å²) in [7, 11) is 0. The monoisotopic (exact) mass is 179 g/mol. The summed E-state index contributed by atoms with van der Waals surface area (Å²) in [5.41, 5.74) is 2.32. The van der Waals surface area contributed by atoms with Crippen LogP contribution in [0.4, 0.5) is 0 Å². The SMILES string of the molecule is [c-]1ccccc1C=Cc1ccccc1. The number of hydrogen-bond acceptors (Lipinski definition) is 0. The summed E-state index contributed by atoms with van der Waals surface area (Å²) in [5, 5.41) is 0. The largest absolute Gasteiger partial charge is 0.150 e. The van der Waals surface area contributed by atoms with Gasteiger partial charge in [0.2, 0.25) is 0 Å². The second-order valence-corrected chi connectivity index (χ2v) is 3.06. The van der Waals surface area contributed by atoms with Crippen molar-refractivity contribution in [2.45, 2.75) is 0 Å². The molecule has 0 saturated heterocycles. The Labute approximate surface area is 84.5 Å². The average Bonchev–Trinajstić information content (AvgIpc) is 2.29. The van der Waals surface area contributed by atoms with Crippen molar-refractivity contribution < 1.29 is 0 Å². The Morgan fingerprint density at radius 3 is 2.29 bits per heavy atom. The molecule has 0 bridgehead atoms. The first-order chi connectivity index (χ1) is 6.95. The maximum atomic E-state index is 3.15. The molecular formula is C14H11-. The summed E-state index contributed by atoms with van der Waals surface area (Å²) in [6, 6.07) is 21.4. The zero-order chi connectivity index (χ0) is 9.64. The molecule has 0 aromatic heterocycles. The molecule has 0 aliphatic carbocycles. The van der Waals surface area contributed by atoms with Crippen molar-refractivity contribution in [2.24, 2.45) is 0 Å². The first-order valence-corrected chi connectivity index (χ1v) is 4.65. The molecule has 2 aromatic carbocycles. The van der Waals surface area contributed by atoms with Crippen LogP contribution in [0.15, 0.2) is 54.6 Å². The third-order valence-corrected chi connectivity index (χ3v) is 1.99. The minimum Gasteiger partial charge on any atom is -0.150 e. The van der Waals surface area contributed by atoms with Crippen LogP contribution in [0.5, 0.6) is 0 Å². The van der Waals surface area contributed by atoms with Gasteiger partial charge in [-0.3, -0.25) is 0 Å². The van der Waals surface area contributed by atoms with Gasteiger partial charge in [0.15, 0.2) is 0 Å². The normalized spacial score (nSPS) is 10.6. The van der Waals surface area contributed by atoms with Gasteiger partial charge in [-0.2, -0.15) is 5.56 Å². The Hall–Kier alpha value is -1.82. The quantitative estimate of drug-likeness (QED) is 0.487. The minimum absolute atomic E-state index is 1.11. The molecule has 2 rings (SSSR count). The van der Waals surface area contributed by atoms with Gasteiger partial charge < -0.3 is 0 Å². The van der Waals surface area contributed by atoms with Gasteiger partial charge in [0.1, 0.15) is 0 Å². The fraction of sp³-hybridized carbons (Fsp3) is 0. The van der Waals surface area contributed by atoms with Crippen LogP contribution in [0, 0.1) is 6.07 Å². The summed E-state index contributed by atoms with van der Waals surface area (Å²) in [6.45, 7) is 0. The molecule has 0 radical (unpaired) electrons. The molecule has 0 aliphatic heterocycles. The Morgan fingerprint density at radius 1 is 0.786 bits per heavy atom. The van der Waals surface area contributed by atoms with Crippen LogP contribution in [0.1, 0.15) is 11.1 Å². The Kier molecular flexibility index (Phi) is 2.77. The Balaban J connectivity index is 2.16. The molecule has 0 spiro atoms. The Bertz CT molecular complexity index is 357. The van der Waals surface area contributed by atoms with Crippen molar-refractivity contribution in [1.82, 2.24) is 0 Å². The lowest BCUT2D eigenvalue weighted by molar-refractivity contribution is 1.63. The van der Waals surface area contributed by atoms with Gasteiger partial charge in [0, 0.05) is 0 Å². The molecule has 68 valence electrons. The zero-order valence-corrected chi connectivity index (χ0v) is 7.85. The molecule has 0 atom stereocenters. The molecule has 0 amide bonds. The van der Waals surface area contributed by atoms with Crippen LogP contribution in [-0.4, -0.2) is 0 Å². The van der Waals surface area contributed by atoms with Crippen molar-refractivity contribution in [3.63, 3.8) is 0 Å². The van der Waals surface area contributed by atoms with E-state index in [-0.39, 0.29) is 0 Å². The van der Waals surface area contributed by atoms with E-state index in [1.165, 1.54) is 5.56 Å². The topological polar surface area (TPSA) is 0 Å². The van der Waals surface area contributed by atoms with E-state index >= 15 is 0 Å². The molecule has 0 fully saturated rings. The third-order valence-electron chi connectivity index (χ3n) is 1.99. The van der Waals surface area contributed by atoms with Gasteiger partial charge in [-0.15, -0.1) is 36.4 Å². The summed E-state index contributed by atoms with van der Waals surface area (Å²) in [4.78, 5) is 0. The summed E-state index contributed by atoms with van der Waals surface area (Å²) in [5.74, 6) is 0. The molecule has 14 heavy (non-hydrogen) atoms. The lowest BCUT2D eigenvalue weighted by atomic mass is 10.1. The van der Waals surface area contributed by atoms with Gasteiger partial charge in [-0.05, 0) is 5.56 Å². The minimum atomic E-state index is 1.11. The lowest BCUT2D eigenvalue weighted by Gasteiger charge is -1.99. The molecule has 2 aromatic rings. The molecule has 0 heteroatoms. The molecule has 0 nitrogen and oxygen atoms in total. The fourth-order valence-corrected chi connectivity index (χ4v) is 1.26. The second-order valence-electron chi connectivity index (χ2n) is 3.06. The van der Waals surface area contributed by atoms with E-state index in [4.69, 9.17) is 0 Å². The number of rotatable bonds is 2. The van der Waals surface area contributed by atoms with E-state index < -0.39 is 0 Å². The van der Waals surface area contributed by atoms with E-state index in [2.05, 4.69) is 30.4 Å². The first-order valence-electron chi connectivity index (χ1n) is 4.65. The van der Waals surface area contributed by atoms with Crippen LogP contribution in [-0.2, 0) is 0 Å². The van der Waals surface area contributed by atoms with Crippen LogP contribution < -0.4 is 0 Å². The molecule has 0 N–H and O–H groups in total. The number of hydrogen-bond donors (Lipinski definition) is 0. The highest BCUT2D eigenvalue weighted by Gasteiger charge is 1.79. The molecule has 0 heterocycles. The Morgan fingerprint density at radius 2 is 1.57 bits per heavy atom. The van der Waals surface area contributed by atoms with Crippen molar-refractivity contribution in [1.29, 1.82) is 0 Å². The van der Waals surface area contributed by atoms with Gasteiger partial charge in [-0.1, -0.05) is 36.4 Å². The van der Waals surface area contributed by atoms with E-state index in [1.54, 1.807) is 0 Å². The zero-order valence-electron chi connectivity index (χ0n) is 7.85. The van der Waals surface area contributed by atoms with E-state index in [0.717, 1.165) is 5.56 Å². The van der Waals surface area contributed by atoms with Crippen molar-refractivity contribution >= 4 is 12.2 Å². The highest BCUT2D eigenvalue weighted by atomic mass is 13.9. The first kappa shape index (κ1) is 8.76. The van der Waals surface area contributed by atoms with Crippen LogP contribution >= 0.6 is 0 Å². The van der Waals surface area contributed by atoms with Crippen molar-refractivity contribution in [2.75, 3.05) is 0 Å². The fourth-order valence-electron chi connectivity index (χ4n) is 1.26. The summed E-state index contributed by atoms with van der Waals surface area (Å²) < 4.78 is 0. The van der Waals surface area contributed by atoms with E-state index in [0.29, 0.717) is 0 Å². The lowest BCUT2D eigenvalue weighted by Crippen LogP contribution is -1.71. The molecule has 0 saturated carbocycles. The van der Waals surface area contributed by atoms with Crippen LogP contribution in [0.2, 0.25) is 0 Å². The highest BCUT2D eigenvalue weighted by Crippen LogP contribution is 2.06. The van der Waals surface area contributed by atoms with Gasteiger partial charge >= 0.3 is 0 Å². The molecular weight excluding hydrogens is 168 g/mol. The predicted octanol–water partition coefficient (Wildman–Crippen LogP) is 3.66. The highest BCUT2D eigenvalue weighted by molar-refractivity contribution is 5.69. The molecule has 0 aliphatic rings. The van der Waals surface area contributed by atoms with Crippen molar-refractivity contribution in [3.8, 4) is 0 Å². The maximum absolute atomic E-state index is 3.15. The maximum Gasteiger partial charge on any atom is -0.0348 e. The van der Waals surface area contributed by atoms with Gasteiger partial charge in [0.25, 0.3) is 0 Å². The standard InChI is InChI=1S/C14H11/c1-3-7-13(8-4-1)11-12-14-9-5-2-6-10-14/h1-9,11-12H/q-1. The predicted molar refractivity (Wildman–Crippen MR) is 60.6 cm³/mol. The van der Waals surface area contributed by atoms with Gasteiger partial charge in [0.05, 0.1) is 0 Å². The van der Waals surface area contributed by atoms with E-state index in [9.17, 15) is 0 Å². The van der Waals surface area contributed by atoms with Crippen LogP contribution in [0.25, 0.3) is 12.2 Å². The average molecular weight is 179 g/mol. The smallest absolute Gasteiger partial charge is 0.0348 e. The summed E-state index contributed by atoms with van der Waals surface area (Å²) >= 11 is 0. The number of benzene rings is 2. The summed E-state index contributed by atoms with van der Waals surface area (Å²) in [6.07, 6.45) is 4.15. The van der Waals surface area contributed by atoms with Crippen molar-refractivity contribution in [3.05, 3.63) is 71.8 Å². The molecule has 0 unspecified atom stereocenters. The van der Waals surface area contributed by atoms with Gasteiger partial charge in [-0.25, -0.2) is 0 Å². The van der Waals surface area contributed by atoms with Crippen LogP contribution in [0.3, 0.4) is 0 Å².